The summed E-state index contributed by atoms with van der Waals surface area (Å²) < 4.78 is 7.22. The molecule has 0 aliphatic carbocycles. The van der Waals surface area contributed by atoms with Crippen LogP contribution >= 0.6 is 0 Å². The summed E-state index contributed by atoms with van der Waals surface area (Å²) in [6, 6.07) is 3.47. The van der Waals surface area contributed by atoms with E-state index >= 15 is 0 Å². The molecule has 0 aromatic carbocycles. The van der Waals surface area contributed by atoms with Crippen molar-refractivity contribution in [2.45, 2.75) is 0 Å². The Morgan fingerprint density at radius 3 is 2.78 bits per heavy atom. The van der Waals surface area contributed by atoms with Gasteiger partial charge in [0, 0.05) is 45.0 Å². The minimum absolute atomic E-state index is 0. The van der Waals surface area contributed by atoms with Crippen molar-refractivity contribution in [2.75, 3.05) is 46.4 Å². The average Bonchev–Trinajstić information content (AvgIpc) is 2.92. The summed E-state index contributed by atoms with van der Waals surface area (Å²) in [5, 5.41) is 10.9. The number of carbonyl (C=O) groups excluding carboxylic acids is 1. The second-order valence-electron chi connectivity index (χ2n) is 5.51. The number of piperazine rings is 1. The van der Waals surface area contributed by atoms with Crippen LogP contribution in [-0.2, 0) is 0 Å². The predicted octanol–water partition coefficient (Wildman–Crippen LogP) is -3.67. The minimum atomic E-state index is -1.24. The molecule has 23 heavy (non-hydrogen) atoms. The van der Waals surface area contributed by atoms with Gasteiger partial charge in [-0.05, 0) is 13.1 Å². The molecule has 0 unspecified atom stereocenters. The third-order valence-electron chi connectivity index (χ3n) is 3.97. The number of hydrogen-bond donors (Lipinski definition) is 0. The van der Waals surface area contributed by atoms with E-state index in [9.17, 15) is 9.90 Å². The molecular weight excluding hydrogens is 291 g/mol. The van der Waals surface area contributed by atoms with E-state index in [0.717, 1.165) is 32.7 Å². The van der Waals surface area contributed by atoms with Crippen LogP contribution in [0.3, 0.4) is 0 Å². The maximum atomic E-state index is 10.9. The van der Waals surface area contributed by atoms with Gasteiger partial charge in [-0.2, -0.15) is 0 Å². The second kappa shape index (κ2) is 7.84. The third-order valence-corrected chi connectivity index (χ3v) is 3.97. The number of fused-ring (bicyclic) bond motifs is 1. The van der Waals surface area contributed by atoms with Gasteiger partial charge in [0.25, 0.3) is 0 Å². The molecule has 1 aliphatic rings. The van der Waals surface area contributed by atoms with Gasteiger partial charge in [-0.15, -0.1) is 0 Å². The Bertz CT molecular complexity index is 668. The van der Waals surface area contributed by atoms with E-state index < -0.39 is 5.97 Å². The van der Waals surface area contributed by atoms with Crippen molar-refractivity contribution in [3.8, 4) is 5.75 Å². The molecule has 0 saturated carbocycles. The Labute approximate surface area is 147 Å². The summed E-state index contributed by atoms with van der Waals surface area (Å²) in [6.45, 7) is 5.80. The number of hydrogen-bond acceptors (Lipinski definition) is 6. The zero-order chi connectivity index (χ0) is 15.5. The van der Waals surface area contributed by atoms with Gasteiger partial charge < -0.3 is 19.5 Å². The smallest absolute Gasteiger partial charge is 0.543 e. The van der Waals surface area contributed by atoms with Crippen molar-refractivity contribution in [3.05, 3.63) is 30.2 Å². The summed E-state index contributed by atoms with van der Waals surface area (Å²) >= 11 is 0. The van der Waals surface area contributed by atoms with E-state index in [4.69, 9.17) is 4.74 Å². The topological polar surface area (TPSA) is 73.1 Å². The first-order valence-corrected chi connectivity index (χ1v) is 7.35. The number of pyridine rings is 1. The first kappa shape index (κ1) is 17.8. The Hall–Kier alpha value is -1.52. The monoisotopic (exact) mass is 310 g/mol. The van der Waals surface area contributed by atoms with Crippen LogP contribution in [0.15, 0.2) is 24.5 Å². The zero-order valence-electron chi connectivity index (χ0n) is 13.6. The number of carbonyl (C=O) groups is 1. The number of imidazole rings is 1. The summed E-state index contributed by atoms with van der Waals surface area (Å²) in [7, 11) is 2.13. The van der Waals surface area contributed by atoms with Crippen LogP contribution in [0.25, 0.3) is 5.65 Å². The summed E-state index contributed by atoms with van der Waals surface area (Å²) in [4.78, 5) is 19.7. The minimum Gasteiger partial charge on any atom is -0.543 e. The number of aromatic nitrogens is 2. The van der Waals surface area contributed by atoms with E-state index in [1.807, 2.05) is 0 Å². The van der Waals surface area contributed by atoms with Crippen LogP contribution in [0.1, 0.15) is 10.5 Å². The number of carboxylic acid groups (broad SMARTS) is 1. The van der Waals surface area contributed by atoms with Crippen LogP contribution in [0.5, 0.6) is 5.75 Å². The molecule has 0 N–H and O–H groups in total. The molecule has 1 fully saturated rings. The fraction of sp³-hybridized carbons (Fsp3) is 0.467. The van der Waals surface area contributed by atoms with E-state index in [1.165, 1.54) is 10.6 Å². The predicted molar refractivity (Wildman–Crippen MR) is 79.0 cm³/mol. The van der Waals surface area contributed by atoms with Crippen molar-refractivity contribution in [1.29, 1.82) is 0 Å². The van der Waals surface area contributed by atoms with Crippen molar-refractivity contribution < 1.29 is 33.5 Å². The molecule has 0 spiro atoms. The van der Waals surface area contributed by atoms with Crippen LogP contribution < -0.4 is 28.7 Å². The Morgan fingerprint density at radius 1 is 1.35 bits per heavy atom. The summed E-state index contributed by atoms with van der Waals surface area (Å²) in [5.74, 6) is -0.548. The SMILES string of the molecule is CN1CCN(CCOc2ccn3c(C(=O)[O-])cnc3c2)CC1.[Li+]. The van der Waals surface area contributed by atoms with Gasteiger partial charge in [-0.1, -0.05) is 0 Å². The number of aromatic carboxylic acids is 1. The van der Waals surface area contributed by atoms with E-state index in [0.29, 0.717) is 18.0 Å². The summed E-state index contributed by atoms with van der Waals surface area (Å²) in [6.07, 6.45) is 2.93. The molecule has 7 nitrogen and oxygen atoms in total. The molecule has 2 aromatic heterocycles. The Kier molecular flexibility index (Phi) is 6.08. The fourth-order valence-electron chi connectivity index (χ4n) is 2.57. The molecule has 0 amide bonds. The van der Waals surface area contributed by atoms with E-state index in [-0.39, 0.29) is 24.6 Å². The molecule has 118 valence electrons. The van der Waals surface area contributed by atoms with Gasteiger partial charge >= 0.3 is 18.9 Å². The second-order valence-corrected chi connectivity index (χ2v) is 5.51. The van der Waals surface area contributed by atoms with Gasteiger partial charge in [0.05, 0.1) is 17.9 Å². The Balaban J connectivity index is 0.00000192. The van der Waals surface area contributed by atoms with E-state index in [1.54, 1.807) is 18.3 Å². The average molecular weight is 310 g/mol. The van der Waals surface area contributed by atoms with Crippen molar-refractivity contribution in [2.24, 2.45) is 0 Å². The zero-order valence-corrected chi connectivity index (χ0v) is 13.6. The number of likely N-dealkylation sites (N-methyl/N-ethyl adjacent to an activating group) is 1. The standard InChI is InChI=1S/C15H20N4O3.Li/c1-17-4-6-18(7-5-17)8-9-22-12-2-3-19-13(15(20)21)11-16-14(19)10-12;/h2-3,10-11H,4-9H2,1H3,(H,20,21);/q;+1/p-1. The molecule has 0 bridgehead atoms. The fourth-order valence-corrected chi connectivity index (χ4v) is 2.57. The maximum Gasteiger partial charge on any atom is 1.00 e. The number of carboxylic acids is 1. The van der Waals surface area contributed by atoms with Crippen molar-refractivity contribution in [1.82, 2.24) is 19.2 Å². The molecule has 2 aromatic rings. The molecule has 3 heterocycles. The van der Waals surface area contributed by atoms with Crippen molar-refractivity contribution >= 4 is 11.6 Å². The summed E-state index contributed by atoms with van der Waals surface area (Å²) in [5.41, 5.74) is 0.579. The molecule has 8 heteroatoms. The van der Waals surface area contributed by atoms with Gasteiger partial charge in [0.15, 0.2) is 0 Å². The van der Waals surface area contributed by atoms with E-state index in [2.05, 4.69) is 21.8 Å². The molecule has 0 radical (unpaired) electrons. The molecule has 0 atom stereocenters. The maximum absolute atomic E-state index is 10.9. The van der Waals surface area contributed by atoms with Crippen LogP contribution in [0.2, 0.25) is 0 Å². The van der Waals surface area contributed by atoms with Crippen LogP contribution in [0.4, 0.5) is 0 Å². The van der Waals surface area contributed by atoms with Crippen LogP contribution in [0, 0.1) is 0 Å². The quantitative estimate of drug-likeness (QED) is 0.530. The molecule has 3 rings (SSSR count). The number of ether oxygens (including phenoxy) is 1. The first-order valence-electron chi connectivity index (χ1n) is 7.35. The van der Waals surface area contributed by atoms with Gasteiger partial charge in [0.1, 0.15) is 18.0 Å². The largest absolute Gasteiger partial charge is 1.00 e. The molecular formula is C15H19LiN4O3. The Morgan fingerprint density at radius 2 is 2.09 bits per heavy atom. The van der Waals surface area contributed by atoms with Gasteiger partial charge in [-0.3, -0.25) is 9.30 Å². The molecule has 1 saturated heterocycles. The van der Waals surface area contributed by atoms with Crippen LogP contribution in [-0.4, -0.2) is 71.5 Å². The van der Waals surface area contributed by atoms with Crippen molar-refractivity contribution in [3.63, 3.8) is 0 Å². The molecule has 1 aliphatic heterocycles. The first-order chi connectivity index (χ1) is 10.6. The van der Waals surface area contributed by atoms with Gasteiger partial charge in [0.2, 0.25) is 0 Å². The normalized spacial score (nSPS) is 16.2. The third kappa shape index (κ3) is 4.27. The number of nitrogens with zero attached hydrogens (tertiary/aromatic N) is 4. The van der Waals surface area contributed by atoms with Gasteiger partial charge in [-0.25, -0.2) is 4.98 Å². The number of rotatable bonds is 5.